The number of halogens is 3. The van der Waals surface area contributed by atoms with Crippen LogP contribution >= 0.6 is 0 Å². The van der Waals surface area contributed by atoms with E-state index in [0.717, 1.165) is 18.9 Å². The maximum atomic E-state index is 12.8. The molecule has 3 rings (SSSR count). The first-order valence-electron chi connectivity index (χ1n) is 7.52. The lowest BCUT2D eigenvalue weighted by Gasteiger charge is -2.38. The Bertz CT molecular complexity index is 524. The van der Waals surface area contributed by atoms with E-state index in [-0.39, 0.29) is 12.0 Å². The van der Waals surface area contributed by atoms with E-state index in [4.69, 9.17) is 4.74 Å². The van der Waals surface area contributed by atoms with Crippen LogP contribution in [-0.4, -0.2) is 42.0 Å². The van der Waals surface area contributed by atoms with Crippen molar-refractivity contribution >= 4 is 5.69 Å². The number of aliphatic hydroxyl groups excluding tert-OH is 1. The van der Waals surface area contributed by atoms with Gasteiger partial charge in [-0.05, 0) is 31.4 Å². The lowest BCUT2D eigenvalue weighted by atomic mass is 9.89. The van der Waals surface area contributed by atoms with E-state index in [1.165, 1.54) is 6.20 Å². The molecule has 1 aromatic rings. The summed E-state index contributed by atoms with van der Waals surface area (Å²) in [5.41, 5.74) is -0.362. The van der Waals surface area contributed by atoms with Crippen LogP contribution in [0.2, 0.25) is 0 Å². The number of aromatic nitrogens is 1. The first kappa shape index (κ1) is 15.6. The first-order chi connectivity index (χ1) is 10.5. The average molecular weight is 316 g/mol. The van der Waals surface area contributed by atoms with Crippen molar-refractivity contribution in [3.63, 3.8) is 0 Å². The Kier molecular flexibility index (Phi) is 4.27. The molecule has 2 fully saturated rings. The van der Waals surface area contributed by atoms with Crippen molar-refractivity contribution in [3.8, 4) is 0 Å². The number of anilines is 1. The third-order valence-corrected chi connectivity index (χ3v) is 4.52. The average Bonchev–Trinajstić information content (AvgIpc) is 2.96. The van der Waals surface area contributed by atoms with Gasteiger partial charge in [0.15, 0.2) is 0 Å². The van der Waals surface area contributed by atoms with Gasteiger partial charge >= 0.3 is 6.18 Å². The number of alkyl halides is 3. The standard InChI is InChI=1S/C15H19F3N2O2/c16-15(17,18)14-8-10(3-5-19-14)20-6-1-2-12(20)11-9-22-7-4-13(11)21/h3,5,8,11-13,21H,1-2,4,6-7,9H2/t11-,12-,13+/m0/s1. The first-order valence-corrected chi connectivity index (χ1v) is 7.52. The van der Waals surface area contributed by atoms with Crippen LogP contribution in [0.3, 0.4) is 0 Å². The number of hydrogen-bond donors (Lipinski definition) is 1. The number of hydrogen-bond acceptors (Lipinski definition) is 4. The summed E-state index contributed by atoms with van der Waals surface area (Å²) in [7, 11) is 0. The zero-order chi connectivity index (χ0) is 15.7. The Morgan fingerprint density at radius 3 is 2.86 bits per heavy atom. The molecule has 0 bridgehead atoms. The summed E-state index contributed by atoms with van der Waals surface area (Å²) < 4.78 is 43.9. The summed E-state index contributed by atoms with van der Waals surface area (Å²) in [4.78, 5) is 5.37. The summed E-state index contributed by atoms with van der Waals surface area (Å²) in [6.45, 7) is 1.69. The molecule has 2 aliphatic rings. The molecule has 2 aliphatic heterocycles. The van der Waals surface area contributed by atoms with E-state index in [0.29, 0.717) is 31.9 Å². The van der Waals surface area contributed by atoms with Gasteiger partial charge < -0.3 is 14.7 Å². The van der Waals surface area contributed by atoms with E-state index in [9.17, 15) is 18.3 Å². The number of nitrogens with zero attached hydrogens (tertiary/aromatic N) is 2. The minimum absolute atomic E-state index is 0.0128. The number of rotatable bonds is 2. The molecule has 0 aromatic carbocycles. The van der Waals surface area contributed by atoms with Gasteiger partial charge in [-0.1, -0.05) is 0 Å². The molecule has 0 amide bonds. The molecule has 4 nitrogen and oxygen atoms in total. The zero-order valence-electron chi connectivity index (χ0n) is 12.1. The van der Waals surface area contributed by atoms with Crippen LogP contribution in [-0.2, 0) is 10.9 Å². The summed E-state index contributed by atoms with van der Waals surface area (Å²) in [5.74, 6) is -0.0567. The van der Waals surface area contributed by atoms with Gasteiger partial charge in [0.05, 0.1) is 12.7 Å². The van der Waals surface area contributed by atoms with Crippen molar-refractivity contribution < 1.29 is 23.0 Å². The summed E-state index contributed by atoms with van der Waals surface area (Å²) in [6, 6.07) is 2.71. The molecule has 7 heteroatoms. The molecule has 0 unspecified atom stereocenters. The summed E-state index contributed by atoms with van der Waals surface area (Å²) >= 11 is 0. The quantitative estimate of drug-likeness (QED) is 0.910. The molecular weight excluding hydrogens is 297 g/mol. The summed E-state index contributed by atoms with van der Waals surface area (Å²) in [6.07, 6.45) is -1.37. The second-order valence-electron chi connectivity index (χ2n) is 5.89. The van der Waals surface area contributed by atoms with Crippen molar-refractivity contribution in [2.24, 2.45) is 5.92 Å². The second-order valence-corrected chi connectivity index (χ2v) is 5.89. The Hall–Kier alpha value is -1.34. The van der Waals surface area contributed by atoms with Gasteiger partial charge in [-0.15, -0.1) is 0 Å². The third-order valence-electron chi connectivity index (χ3n) is 4.52. The van der Waals surface area contributed by atoms with Crippen molar-refractivity contribution in [1.82, 2.24) is 4.98 Å². The minimum atomic E-state index is -4.45. The summed E-state index contributed by atoms with van der Waals surface area (Å²) in [5, 5.41) is 10.2. The predicted octanol–water partition coefficient (Wildman–Crippen LogP) is 2.47. The fourth-order valence-electron chi connectivity index (χ4n) is 3.43. The molecule has 0 aliphatic carbocycles. The molecule has 122 valence electrons. The van der Waals surface area contributed by atoms with Crippen molar-refractivity contribution in [2.45, 2.75) is 37.6 Å². The molecule has 0 spiro atoms. The molecule has 2 saturated heterocycles. The van der Waals surface area contributed by atoms with Gasteiger partial charge in [0, 0.05) is 37.0 Å². The van der Waals surface area contributed by atoms with Gasteiger partial charge in [0.1, 0.15) is 5.69 Å². The molecule has 0 radical (unpaired) electrons. The van der Waals surface area contributed by atoms with E-state index in [2.05, 4.69) is 4.98 Å². The Morgan fingerprint density at radius 2 is 2.14 bits per heavy atom. The van der Waals surface area contributed by atoms with Crippen LogP contribution < -0.4 is 4.90 Å². The van der Waals surface area contributed by atoms with Crippen molar-refractivity contribution in [1.29, 1.82) is 0 Å². The minimum Gasteiger partial charge on any atom is -0.393 e. The molecular formula is C15H19F3N2O2. The number of ether oxygens (including phenoxy) is 1. The third kappa shape index (κ3) is 3.05. The van der Waals surface area contributed by atoms with Crippen LogP contribution in [0.4, 0.5) is 18.9 Å². The zero-order valence-corrected chi connectivity index (χ0v) is 12.1. The molecule has 0 saturated carbocycles. The monoisotopic (exact) mass is 316 g/mol. The highest BCUT2D eigenvalue weighted by Crippen LogP contribution is 2.35. The topological polar surface area (TPSA) is 45.6 Å². The fourth-order valence-corrected chi connectivity index (χ4v) is 3.43. The smallest absolute Gasteiger partial charge is 0.393 e. The second kappa shape index (κ2) is 6.04. The van der Waals surface area contributed by atoms with E-state index >= 15 is 0 Å². The Labute approximate surface area is 126 Å². The molecule has 3 heterocycles. The van der Waals surface area contributed by atoms with Gasteiger partial charge in [-0.25, -0.2) is 0 Å². The van der Waals surface area contributed by atoms with Crippen molar-refractivity contribution in [2.75, 3.05) is 24.7 Å². The molecule has 1 N–H and O–H groups in total. The normalized spacial score (nSPS) is 29.8. The highest BCUT2D eigenvalue weighted by molar-refractivity contribution is 5.49. The predicted molar refractivity (Wildman–Crippen MR) is 74.5 cm³/mol. The van der Waals surface area contributed by atoms with Crippen LogP contribution in [0.1, 0.15) is 25.0 Å². The lowest BCUT2D eigenvalue weighted by Crippen LogP contribution is -2.46. The van der Waals surface area contributed by atoms with Gasteiger partial charge in [0.25, 0.3) is 0 Å². The Morgan fingerprint density at radius 1 is 1.32 bits per heavy atom. The maximum absolute atomic E-state index is 12.8. The molecule has 3 atom stereocenters. The molecule has 22 heavy (non-hydrogen) atoms. The van der Waals surface area contributed by atoms with E-state index in [1.54, 1.807) is 6.07 Å². The fraction of sp³-hybridized carbons (Fsp3) is 0.667. The lowest BCUT2D eigenvalue weighted by molar-refractivity contribution is -0.141. The van der Waals surface area contributed by atoms with Crippen molar-refractivity contribution in [3.05, 3.63) is 24.0 Å². The van der Waals surface area contributed by atoms with Gasteiger partial charge in [0.2, 0.25) is 0 Å². The highest BCUT2D eigenvalue weighted by atomic mass is 19.4. The van der Waals surface area contributed by atoms with E-state index < -0.39 is 18.0 Å². The SMILES string of the molecule is O[C@@H]1CCOC[C@H]1[C@@H]1CCCN1c1ccnc(C(F)(F)F)c1. The van der Waals surface area contributed by atoms with E-state index in [1.807, 2.05) is 4.90 Å². The highest BCUT2D eigenvalue weighted by Gasteiger charge is 2.39. The van der Waals surface area contributed by atoms with Gasteiger partial charge in [-0.2, -0.15) is 13.2 Å². The van der Waals surface area contributed by atoms with Crippen LogP contribution in [0.5, 0.6) is 0 Å². The van der Waals surface area contributed by atoms with Crippen LogP contribution in [0.25, 0.3) is 0 Å². The largest absolute Gasteiger partial charge is 0.433 e. The van der Waals surface area contributed by atoms with Gasteiger partial charge in [-0.3, -0.25) is 4.98 Å². The molecule has 1 aromatic heterocycles. The number of pyridine rings is 1. The maximum Gasteiger partial charge on any atom is 0.433 e. The number of aliphatic hydroxyl groups is 1. The Balaban J connectivity index is 1.84. The van der Waals surface area contributed by atoms with Crippen LogP contribution in [0.15, 0.2) is 18.3 Å². The van der Waals surface area contributed by atoms with Crippen LogP contribution in [0, 0.1) is 5.92 Å².